The maximum atomic E-state index is 14.2. The first-order valence-electron chi connectivity index (χ1n) is 8.58. The molecule has 1 aromatic carbocycles. The smallest absolute Gasteiger partial charge is 0.402 e. The van der Waals surface area contributed by atoms with Gasteiger partial charge in [0.1, 0.15) is 11.3 Å². The van der Waals surface area contributed by atoms with Crippen molar-refractivity contribution in [3.63, 3.8) is 0 Å². The predicted molar refractivity (Wildman–Crippen MR) is 103 cm³/mol. The highest BCUT2D eigenvalue weighted by atomic mass is 35.5. The number of hydrogen-bond donors (Lipinski definition) is 3. The number of fused-ring (bicyclic) bond motifs is 1. The molecule has 27 heavy (non-hydrogen) atoms. The van der Waals surface area contributed by atoms with Crippen molar-refractivity contribution in [2.75, 3.05) is 26.7 Å². The molecule has 0 unspecified atom stereocenters. The average molecular weight is 399 g/mol. The fraction of sp³-hybridized carbons (Fsp3) is 0.444. The Morgan fingerprint density at radius 1 is 1.44 bits per heavy atom. The fourth-order valence-corrected chi connectivity index (χ4v) is 3.33. The molecular formula is C18H24ClFN4O3. The first-order chi connectivity index (χ1) is 12.8. The quantitative estimate of drug-likeness (QED) is 0.729. The normalized spacial score (nSPS) is 15.3. The number of ether oxygens (including phenoxy) is 1. The molecule has 7 nitrogen and oxygen atoms in total. The number of hydrogen-bond acceptors (Lipinski definition) is 5. The molecule has 1 saturated heterocycles. The molecule has 0 saturated carbocycles. The monoisotopic (exact) mass is 398 g/mol. The Bertz CT molecular complexity index is 794. The molecule has 1 amide bonds. The van der Waals surface area contributed by atoms with Gasteiger partial charge in [0, 0.05) is 30.2 Å². The lowest BCUT2D eigenvalue weighted by Gasteiger charge is -2.30. The zero-order valence-electron chi connectivity index (χ0n) is 15.1. The minimum atomic E-state index is -1.33. The summed E-state index contributed by atoms with van der Waals surface area (Å²) in [5, 5.41) is 8.49. The van der Waals surface area contributed by atoms with Gasteiger partial charge in [-0.05, 0) is 44.0 Å². The SMILES string of the molecule is COc1cc(F)c2ncc(Cl)c(CCN3CCC(N)CC3)c2c1.NC(=O)O. The van der Waals surface area contributed by atoms with Crippen LogP contribution < -0.4 is 16.2 Å². The van der Waals surface area contributed by atoms with Crippen LogP contribution in [0.25, 0.3) is 10.9 Å². The minimum Gasteiger partial charge on any atom is -0.497 e. The first-order valence-corrected chi connectivity index (χ1v) is 8.96. The third-order valence-corrected chi connectivity index (χ3v) is 4.83. The van der Waals surface area contributed by atoms with E-state index in [-0.39, 0.29) is 5.82 Å². The zero-order valence-corrected chi connectivity index (χ0v) is 15.9. The number of pyridine rings is 1. The number of carbonyl (C=O) groups is 1. The van der Waals surface area contributed by atoms with Crippen LogP contribution in [0.5, 0.6) is 5.75 Å². The summed E-state index contributed by atoms with van der Waals surface area (Å²) < 4.78 is 19.3. The predicted octanol–water partition coefficient (Wildman–Crippen LogP) is 2.62. The van der Waals surface area contributed by atoms with Crippen molar-refractivity contribution in [1.29, 1.82) is 0 Å². The van der Waals surface area contributed by atoms with E-state index in [1.807, 2.05) is 0 Å². The Kier molecular flexibility index (Phi) is 7.58. The number of primary amides is 1. The van der Waals surface area contributed by atoms with Gasteiger partial charge in [-0.15, -0.1) is 0 Å². The maximum absolute atomic E-state index is 14.2. The highest BCUT2D eigenvalue weighted by molar-refractivity contribution is 6.32. The summed E-state index contributed by atoms with van der Waals surface area (Å²) >= 11 is 6.33. The molecule has 148 valence electrons. The number of piperidine rings is 1. The van der Waals surface area contributed by atoms with E-state index in [9.17, 15) is 4.39 Å². The Labute approximate surface area is 162 Å². The lowest BCUT2D eigenvalue weighted by Crippen LogP contribution is -2.40. The second-order valence-electron chi connectivity index (χ2n) is 6.36. The second-order valence-corrected chi connectivity index (χ2v) is 6.76. The van der Waals surface area contributed by atoms with Crippen LogP contribution in [0.3, 0.4) is 0 Å². The van der Waals surface area contributed by atoms with E-state index in [2.05, 4.69) is 15.6 Å². The van der Waals surface area contributed by atoms with Gasteiger partial charge in [0.25, 0.3) is 0 Å². The average Bonchev–Trinajstić information content (AvgIpc) is 2.61. The van der Waals surface area contributed by atoms with Crippen molar-refractivity contribution in [3.05, 3.63) is 34.7 Å². The molecule has 0 bridgehead atoms. The molecule has 2 aromatic rings. The van der Waals surface area contributed by atoms with Crippen molar-refractivity contribution in [1.82, 2.24) is 9.88 Å². The summed E-state index contributed by atoms with van der Waals surface area (Å²) in [4.78, 5) is 15.3. The molecule has 0 aliphatic carbocycles. The molecule has 5 N–H and O–H groups in total. The summed E-state index contributed by atoms with van der Waals surface area (Å²) in [6.07, 6.45) is 2.99. The summed E-state index contributed by atoms with van der Waals surface area (Å²) in [5.41, 5.74) is 11.2. The van der Waals surface area contributed by atoms with Crippen molar-refractivity contribution in [2.24, 2.45) is 11.5 Å². The molecule has 0 spiro atoms. The van der Waals surface area contributed by atoms with E-state index < -0.39 is 6.09 Å². The van der Waals surface area contributed by atoms with E-state index in [0.717, 1.165) is 49.8 Å². The zero-order chi connectivity index (χ0) is 20.0. The second kappa shape index (κ2) is 9.68. The molecule has 1 aromatic heterocycles. The third kappa shape index (κ3) is 5.92. The number of rotatable bonds is 4. The number of nitrogens with zero attached hydrogens (tertiary/aromatic N) is 2. The van der Waals surface area contributed by atoms with Gasteiger partial charge in [-0.3, -0.25) is 4.98 Å². The molecule has 2 heterocycles. The van der Waals surface area contributed by atoms with Crippen LogP contribution >= 0.6 is 11.6 Å². The Hall–Kier alpha value is -2.16. The van der Waals surface area contributed by atoms with Crippen molar-refractivity contribution in [2.45, 2.75) is 25.3 Å². The highest BCUT2D eigenvalue weighted by Gasteiger charge is 2.18. The number of carboxylic acid groups (broad SMARTS) is 1. The molecule has 9 heteroatoms. The molecular weight excluding hydrogens is 375 g/mol. The minimum absolute atomic E-state index is 0.315. The standard InChI is InChI=1S/C17H21ClFN3O.CH3NO2/c1-23-12-8-14-13(4-7-22-5-2-11(20)3-6-22)15(18)10-21-17(14)16(19)9-12;2-1(3)4/h8-11H,2-7,20H2,1H3;2H2,(H,3,4). The number of aromatic nitrogens is 1. The van der Waals surface area contributed by atoms with Gasteiger partial charge in [-0.1, -0.05) is 11.6 Å². The Morgan fingerprint density at radius 3 is 2.67 bits per heavy atom. The Morgan fingerprint density at radius 2 is 2.07 bits per heavy atom. The topological polar surface area (TPSA) is 115 Å². The maximum Gasteiger partial charge on any atom is 0.402 e. The van der Waals surface area contributed by atoms with Crippen LogP contribution in [0.2, 0.25) is 5.02 Å². The molecule has 1 aliphatic heterocycles. The van der Waals surface area contributed by atoms with E-state index >= 15 is 0 Å². The lowest BCUT2D eigenvalue weighted by molar-refractivity contribution is 0.205. The van der Waals surface area contributed by atoms with Crippen LogP contribution in [0.4, 0.5) is 9.18 Å². The van der Waals surface area contributed by atoms with E-state index in [1.165, 1.54) is 19.4 Å². The third-order valence-electron chi connectivity index (χ3n) is 4.50. The summed E-state index contributed by atoms with van der Waals surface area (Å²) in [7, 11) is 1.52. The molecule has 3 rings (SSSR count). The van der Waals surface area contributed by atoms with Crippen LogP contribution in [0.1, 0.15) is 18.4 Å². The van der Waals surface area contributed by atoms with Crippen molar-refractivity contribution < 1.29 is 19.0 Å². The van der Waals surface area contributed by atoms with Gasteiger partial charge < -0.3 is 26.2 Å². The van der Waals surface area contributed by atoms with E-state index in [1.54, 1.807) is 6.07 Å². The number of nitrogens with two attached hydrogens (primary N) is 2. The van der Waals surface area contributed by atoms with Crippen molar-refractivity contribution >= 4 is 28.6 Å². The van der Waals surface area contributed by atoms with Gasteiger partial charge in [0.05, 0.1) is 12.1 Å². The number of amides is 1. The van der Waals surface area contributed by atoms with Gasteiger partial charge in [-0.2, -0.15) is 0 Å². The lowest BCUT2D eigenvalue weighted by atomic mass is 10.0. The summed E-state index contributed by atoms with van der Waals surface area (Å²) in [5.74, 6) is 0.0884. The number of benzene rings is 1. The van der Waals surface area contributed by atoms with Gasteiger partial charge in [0.2, 0.25) is 0 Å². The molecule has 1 fully saturated rings. The summed E-state index contributed by atoms with van der Waals surface area (Å²) in [6, 6.07) is 3.47. The van der Waals surface area contributed by atoms with Crippen LogP contribution in [0, 0.1) is 5.82 Å². The Balaban J connectivity index is 0.000000596. The number of halogens is 2. The number of methoxy groups -OCH3 is 1. The van der Waals surface area contributed by atoms with E-state index in [4.69, 9.17) is 32.0 Å². The van der Waals surface area contributed by atoms with Gasteiger partial charge >= 0.3 is 6.09 Å². The van der Waals surface area contributed by atoms with Crippen LogP contribution in [0.15, 0.2) is 18.3 Å². The summed E-state index contributed by atoms with van der Waals surface area (Å²) in [6.45, 7) is 2.88. The van der Waals surface area contributed by atoms with Gasteiger partial charge in [0.15, 0.2) is 5.82 Å². The molecule has 0 atom stereocenters. The highest BCUT2D eigenvalue weighted by Crippen LogP contribution is 2.30. The van der Waals surface area contributed by atoms with Crippen LogP contribution in [-0.2, 0) is 6.42 Å². The molecule has 0 radical (unpaired) electrons. The molecule has 1 aliphatic rings. The van der Waals surface area contributed by atoms with Gasteiger partial charge in [-0.25, -0.2) is 9.18 Å². The van der Waals surface area contributed by atoms with Crippen molar-refractivity contribution in [3.8, 4) is 5.75 Å². The fourth-order valence-electron chi connectivity index (χ4n) is 3.08. The first kappa shape index (κ1) is 21.1. The largest absolute Gasteiger partial charge is 0.497 e. The van der Waals surface area contributed by atoms with Crippen LogP contribution in [-0.4, -0.2) is 53.9 Å². The van der Waals surface area contributed by atoms with E-state index in [0.29, 0.717) is 22.3 Å². The number of likely N-dealkylation sites (tertiary alicyclic amines) is 1.